The molecule has 1 N–H and O–H groups in total. The molecule has 2 fully saturated rings. The maximum atomic E-state index is 9.37. The van der Waals surface area contributed by atoms with Crippen molar-refractivity contribution in [2.45, 2.75) is 44.6 Å². The summed E-state index contributed by atoms with van der Waals surface area (Å²) < 4.78 is 0. The van der Waals surface area contributed by atoms with Crippen molar-refractivity contribution in [3.05, 3.63) is 35.9 Å². The van der Waals surface area contributed by atoms with E-state index in [1.54, 1.807) is 0 Å². The SMILES string of the molecule is O/N=C1\CCCCC1C(c1ccccc1)N1CCCC1. The average Bonchev–Trinajstić information content (AvgIpc) is 3.03. The summed E-state index contributed by atoms with van der Waals surface area (Å²) in [6.45, 7) is 2.35. The van der Waals surface area contributed by atoms with E-state index in [-0.39, 0.29) is 0 Å². The van der Waals surface area contributed by atoms with Crippen molar-refractivity contribution < 1.29 is 5.21 Å². The van der Waals surface area contributed by atoms with Gasteiger partial charge < -0.3 is 5.21 Å². The van der Waals surface area contributed by atoms with Gasteiger partial charge in [-0.2, -0.15) is 0 Å². The predicted molar refractivity (Wildman–Crippen MR) is 81.2 cm³/mol. The molecular weight excluding hydrogens is 248 g/mol. The summed E-state index contributed by atoms with van der Waals surface area (Å²) in [5, 5.41) is 13.0. The molecule has 0 amide bonds. The first-order valence-electron chi connectivity index (χ1n) is 7.90. The second-order valence-corrected chi connectivity index (χ2v) is 6.04. The minimum atomic E-state index is 0.384. The highest BCUT2D eigenvalue weighted by molar-refractivity contribution is 5.87. The Hall–Kier alpha value is -1.35. The lowest BCUT2D eigenvalue weighted by Gasteiger charge is -2.37. The van der Waals surface area contributed by atoms with Gasteiger partial charge in [-0.05, 0) is 50.8 Å². The number of likely N-dealkylation sites (tertiary alicyclic amines) is 1. The van der Waals surface area contributed by atoms with Crippen LogP contribution in [0.1, 0.15) is 50.1 Å². The fourth-order valence-corrected chi connectivity index (χ4v) is 3.85. The Kier molecular flexibility index (Phi) is 4.36. The van der Waals surface area contributed by atoms with Crippen LogP contribution in [-0.2, 0) is 0 Å². The van der Waals surface area contributed by atoms with Gasteiger partial charge in [0, 0.05) is 12.0 Å². The van der Waals surface area contributed by atoms with E-state index in [0.717, 1.165) is 25.0 Å². The van der Waals surface area contributed by atoms with Crippen LogP contribution in [0, 0.1) is 5.92 Å². The van der Waals surface area contributed by atoms with Gasteiger partial charge in [-0.25, -0.2) is 0 Å². The summed E-state index contributed by atoms with van der Waals surface area (Å²) in [4.78, 5) is 2.59. The minimum absolute atomic E-state index is 0.384. The van der Waals surface area contributed by atoms with Crippen molar-refractivity contribution in [2.24, 2.45) is 11.1 Å². The summed E-state index contributed by atoms with van der Waals surface area (Å²) in [6, 6.07) is 11.2. The van der Waals surface area contributed by atoms with Crippen molar-refractivity contribution >= 4 is 5.71 Å². The molecule has 108 valence electrons. The first-order chi connectivity index (χ1) is 9.90. The maximum absolute atomic E-state index is 9.37. The molecule has 3 heteroatoms. The Labute approximate surface area is 121 Å². The summed E-state index contributed by atoms with van der Waals surface area (Å²) in [6.07, 6.45) is 7.11. The highest BCUT2D eigenvalue weighted by Gasteiger charge is 2.35. The molecule has 1 aromatic rings. The molecule has 20 heavy (non-hydrogen) atoms. The molecule has 1 aliphatic heterocycles. The summed E-state index contributed by atoms with van der Waals surface area (Å²) in [7, 11) is 0. The fourth-order valence-electron chi connectivity index (χ4n) is 3.85. The van der Waals surface area contributed by atoms with Crippen molar-refractivity contribution in [1.82, 2.24) is 4.90 Å². The molecule has 1 aliphatic carbocycles. The number of nitrogens with zero attached hydrogens (tertiary/aromatic N) is 2. The summed E-state index contributed by atoms with van der Waals surface area (Å²) in [5.74, 6) is 0.384. The minimum Gasteiger partial charge on any atom is -0.411 e. The molecule has 0 aromatic heterocycles. The van der Waals surface area contributed by atoms with Gasteiger partial charge in [0.1, 0.15) is 0 Å². The number of oxime groups is 1. The van der Waals surface area contributed by atoms with Gasteiger partial charge in [-0.3, -0.25) is 4.90 Å². The average molecular weight is 272 g/mol. The van der Waals surface area contributed by atoms with Crippen molar-refractivity contribution in [3.63, 3.8) is 0 Å². The normalized spacial score (nSPS) is 27.8. The van der Waals surface area contributed by atoms with Crippen LogP contribution in [0.5, 0.6) is 0 Å². The smallest absolute Gasteiger partial charge is 0.0620 e. The third-order valence-corrected chi connectivity index (χ3v) is 4.81. The molecule has 0 bridgehead atoms. The van der Waals surface area contributed by atoms with Gasteiger partial charge in [0.15, 0.2) is 0 Å². The highest BCUT2D eigenvalue weighted by atomic mass is 16.4. The highest BCUT2D eigenvalue weighted by Crippen LogP contribution is 2.38. The maximum Gasteiger partial charge on any atom is 0.0620 e. The fraction of sp³-hybridized carbons (Fsp3) is 0.588. The summed E-state index contributed by atoms with van der Waals surface area (Å²) in [5.41, 5.74) is 2.39. The second-order valence-electron chi connectivity index (χ2n) is 6.04. The molecule has 1 aromatic carbocycles. The molecule has 2 unspecified atom stereocenters. The van der Waals surface area contributed by atoms with E-state index < -0.39 is 0 Å². The van der Waals surface area contributed by atoms with Gasteiger partial charge >= 0.3 is 0 Å². The lowest BCUT2D eigenvalue weighted by molar-refractivity contribution is 0.189. The standard InChI is InChI=1S/C17H24N2O/c20-18-16-11-5-4-10-15(16)17(19-12-6-7-13-19)14-8-2-1-3-9-14/h1-3,8-9,15,17,20H,4-7,10-13H2/b18-16+. The van der Waals surface area contributed by atoms with Crippen molar-refractivity contribution in [3.8, 4) is 0 Å². The molecule has 1 heterocycles. The predicted octanol–water partition coefficient (Wildman–Crippen LogP) is 3.84. The second kappa shape index (κ2) is 6.40. The quantitative estimate of drug-likeness (QED) is 0.670. The lowest BCUT2D eigenvalue weighted by Crippen LogP contribution is -2.37. The van der Waals surface area contributed by atoms with Gasteiger partial charge in [0.25, 0.3) is 0 Å². The zero-order chi connectivity index (χ0) is 13.8. The zero-order valence-corrected chi connectivity index (χ0v) is 12.0. The molecule has 2 atom stereocenters. The Morgan fingerprint density at radius 1 is 1.05 bits per heavy atom. The number of rotatable bonds is 3. The molecular formula is C17H24N2O. The molecule has 3 rings (SSSR count). The van der Waals surface area contributed by atoms with Crippen LogP contribution in [0.3, 0.4) is 0 Å². The van der Waals surface area contributed by atoms with Crippen LogP contribution in [0.15, 0.2) is 35.5 Å². The number of hydrogen-bond donors (Lipinski definition) is 1. The molecule has 0 radical (unpaired) electrons. The lowest BCUT2D eigenvalue weighted by atomic mass is 9.79. The van der Waals surface area contributed by atoms with Crippen LogP contribution < -0.4 is 0 Å². The number of hydrogen-bond acceptors (Lipinski definition) is 3. The van der Waals surface area contributed by atoms with Gasteiger partial charge in [0.2, 0.25) is 0 Å². The monoisotopic (exact) mass is 272 g/mol. The van der Waals surface area contributed by atoms with E-state index in [9.17, 15) is 5.21 Å². The molecule has 2 aliphatic rings. The van der Waals surface area contributed by atoms with E-state index in [2.05, 4.69) is 40.4 Å². The van der Waals surface area contributed by atoms with Gasteiger partial charge in [-0.15, -0.1) is 0 Å². The van der Waals surface area contributed by atoms with Gasteiger partial charge in [0.05, 0.1) is 5.71 Å². The van der Waals surface area contributed by atoms with Crippen LogP contribution in [-0.4, -0.2) is 28.9 Å². The van der Waals surface area contributed by atoms with Crippen LogP contribution >= 0.6 is 0 Å². The Bertz CT molecular complexity index is 451. The van der Waals surface area contributed by atoms with E-state index in [1.807, 2.05) is 0 Å². The van der Waals surface area contributed by atoms with Crippen LogP contribution in [0.25, 0.3) is 0 Å². The number of benzene rings is 1. The van der Waals surface area contributed by atoms with Crippen LogP contribution in [0.2, 0.25) is 0 Å². The Balaban J connectivity index is 1.92. The van der Waals surface area contributed by atoms with Crippen molar-refractivity contribution in [1.29, 1.82) is 0 Å². The molecule has 0 spiro atoms. The topological polar surface area (TPSA) is 35.8 Å². The van der Waals surface area contributed by atoms with E-state index in [0.29, 0.717) is 12.0 Å². The third-order valence-electron chi connectivity index (χ3n) is 4.81. The first kappa shape index (κ1) is 13.6. The van der Waals surface area contributed by atoms with Gasteiger partial charge in [-0.1, -0.05) is 41.9 Å². The molecule has 1 saturated carbocycles. The van der Waals surface area contributed by atoms with E-state index in [4.69, 9.17) is 0 Å². The van der Waals surface area contributed by atoms with E-state index in [1.165, 1.54) is 37.9 Å². The first-order valence-corrected chi connectivity index (χ1v) is 7.90. The Morgan fingerprint density at radius 2 is 1.80 bits per heavy atom. The molecule has 3 nitrogen and oxygen atoms in total. The van der Waals surface area contributed by atoms with Crippen molar-refractivity contribution in [2.75, 3.05) is 13.1 Å². The molecule has 1 saturated heterocycles. The largest absolute Gasteiger partial charge is 0.411 e. The summed E-state index contributed by atoms with van der Waals surface area (Å²) >= 11 is 0. The Morgan fingerprint density at radius 3 is 2.50 bits per heavy atom. The zero-order valence-electron chi connectivity index (χ0n) is 12.0. The third kappa shape index (κ3) is 2.73. The van der Waals surface area contributed by atoms with Crippen LogP contribution in [0.4, 0.5) is 0 Å². The van der Waals surface area contributed by atoms with E-state index >= 15 is 0 Å².